The van der Waals surface area contributed by atoms with Crippen LogP contribution in [0.2, 0.25) is 0 Å². The van der Waals surface area contributed by atoms with Crippen molar-refractivity contribution in [3.8, 4) is 5.69 Å². The predicted molar refractivity (Wildman–Crippen MR) is 89.2 cm³/mol. The highest BCUT2D eigenvalue weighted by molar-refractivity contribution is 6.10. The van der Waals surface area contributed by atoms with Crippen LogP contribution in [-0.4, -0.2) is 55.0 Å². The Hall–Kier alpha value is -3.30. The average molecular weight is 355 g/mol. The predicted octanol–water partition coefficient (Wildman–Crippen LogP) is 0.321. The Morgan fingerprint density at radius 3 is 2.88 bits per heavy atom. The first kappa shape index (κ1) is 16.2. The number of rotatable bonds is 5. The highest BCUT2D eigenvalue weighted by atomic mass is 16.2. The van der Waals surface area contributed by atoms with E-state index in [2.05, 4.69) is 26.2 Å². The number of carbonyl (C=O) groups excluding carboxylic acids is 3. The summed E-state index contributed by atoms with van der Waals surface area (Å²) in [5.74, 6) is -0.648. The molecule has 0 bridgehead atoms. The van der Waals surface area contributed by atoms with E-state index < -0.39 is 17.5 Å². The second-order valence-electron chi connectivity index (χ2n) is 6.65. The number of carbonyl (C=O) groups is 3. The number of benzene rings is 1. The zero-order chi connectivity index (χ0) is 18.3. The average Bonchev–Trinajstić information content (AvgIpc) is 3.29. The fourth-order valence-electron chi connectivity index (χ4n) is 3.15. The van der Waals surface area contributed by atoms with Crippen LogP contribution in [0.3, 0.4) is 0 Å². The Morgan fingerprint density at radius 2 is 2.19 bits per heavy atom. The van der Waals surface area contributed by atoms with Gasteiger partial charge in [0.1, 0.15) is 18.4 Å². The Kier molecular flexibility index (Phi) is 3.67. The minimum atomic E-state index is -0.891. The summed E-state index contributed by atoms with van der Waals surface area (Å²) >= 11 is 0. The number of aromatic nitrogens is 4. The second-order valence-corrected chi connectivity index (χ2v) is 6.65. The first-order valence-electron chi connectivity index (χ1n) is 8.25. The molecular weight excluding hydrogens is 338 g/mol. The quantitative estimate of drug-likeness (QED) is 0.745. The van der Waals surface area contributed by atoms with Crippen LogP contribution in [-0.2, 0) is 9.59 Å². The van der Waals surface area contributed by atoms with Crippen molar-refractivity contribution in [2.75, 3.05) is 11.9 Å². The smallest absolute Gasteiger partial charge is 0.324 e. The molecule has 26 heavy (non-hydrogen) atoms. The van der Waals surface area contributed by atoms with Gasteiger partial charge >= 0.3 is 6.03 Å². The maximum atomic E-state index is 12.6. The van der Waals surface area contributed by atoms with Gasteiger partial charge in [0, 0.05) is 5.69 Å². The zero-order valence-electron chi connectivity index (χ0n) is 14.0. The van der Waals surface area contributed by atoms with Crippen molar-refractivity contribution in [3.05, 3.63) is 30.6 Å². The monoisotopic (exact) mass is 355 g/mol. The number of urea groups is 1. The molecule has 10 nitrogen and oxygen atoms in total. The van der Waals surface area contributed by atoms with E-state index in [0.717, 1.165) is 17.7 Å². The van der Waals surface area contributed by atoms with Crippen molar-refractivity contribution in [1.82, 2.24) is 30.4 Å². The zero-order valence-corrected chi connectivity index (χ0v) is 14.0. The number of amides is 4. The Bertz CT molecular complexity index is 878. The van der Waals surface area contributed by atoms with Crippen LogP contribution in [0.15, 0.2) is 30.6 Å². The molecule has 0 spiro atoms. The van der Waals surface area contributed by atoms with Crippen molar-refractivity contribution >= 4 is 23.5 Å². The standard InChI is InChI=1S/C16H17N7O3/c1-16(10-5-6-10)14(25)22(15(26)19-16)8-13(24)18-11-3-2-4-12(7-11)23-9-17-20-21-23/h2-4,7,9-10H,5-6,8H2,1H3,(H,18,24)(H,19,26). The molecule has 4 rings (SSSR count). The summed E-state index contributed by atoms with van der Waals surface area (Å²) in [6, 6.07) is 6.39. The highest BCUT2D eigenvalue weighted by Crippen LogP contribution is 2.42. The third-order valence-electron chi connectivity index (χ3n) is 4.74. The van der Waals surface area contributed by atoms with Crippen LogP contribution in [0.4, 0.5) is 10.5 Å². The van der Waals surface area contributed by atoms with E-state index in [4.69, 9.17) is 0 Å². The number of hydrogen-bond acceptors (Lipinski definition) is 6. The number of tetrazole rings is 1. The van der Waals surface area contributed by atoms with Gasteiger partial charge < -0.3 is 10.6 Å². The maximum absolute atomic E-state index is 12.6. The minimum absolute atomic E-state index is 0.153. The summed E-state index contributed by atoms with van der Waals surface area (Å²) < 4.78 is 1.45. The molecular formula is C16H17N7O3. The number of nitrogens with one attached hydrogen (secondary N) is 2. The van der Waals surface area contributed by atoms with Crippen LogP contribution in [0.25, 0.3) is 5.69 Å². The topological polar surface area (TPSA) is 122 Å². The van der Waals surface area contributed by atoms with E-state index in [1.807, 2.05) is 0 Å². The minimum Gasteiger partial charge on any atom is -0.324 e. The maximum Gasteiger partial charge on any atom is 0.325 e. The van der Waals surface area contributed by atoms with Crippen LogP contribution >= 0.6 is 0 Å². The van der Waals surface area contributed by atoms with E-state index in [1.54, 1.807) is 31.2 Å². The molecule has 0 radical (unpaired) electrons. The van der Waals surface area contributed by atoms with Crippen LogP contribution in [0.1, 0.15) is 19.8 Å². The number of nitrogens with zero attached hydrogens (tertiary/aromatic N) is 5. The summed E-state index contributed by atoms with van der Waals surface area (Å²) in [4.78, 5) is 38.0. The van der Waals surface area contributed by atoms with Gasteiger partial charge in [0.05, 0.1) is 5.69 Å². The van der Waals surface area contributed by atoms with Gasteiger partial charge in [-0.05, 0) is 54.3 Å². The molecule has 10 heteroatoms. The third kappa shape index (κ3) is 2.79. The van der Waals surface area contributed by atoms with Gasteiger partial charge in [0.25, 0.3) is 5.91 Å². The summed E-state index contributed by atoms with van der Waals surface area (Å²) in [7, 11) is 0. The first-order valence-corrected chi connectivity index (χ1v) is 8.25. The molecule has 2 heterocycles. The molecule has 1 unspecified atom stereocenters. The van der Waals surface area contributed by atoms with Gasteiger partial charge in [-0.1, -0.05) is 6.07 Å². The lowest BCUT2D eigenvalue weighted by Crippen LogP contribution is -2.46. The van der Waals surface area contributed by atoms with E-state index in [9.17, 15) is 14.4 Å². The SMILES string of the molecule is CC1(C2CC2)NC(=O)N(CC(=O)Nc2cccc(-n3cnnn3)c2)C1=O. The van der Waals surface area contributed by atoms with Gasteiger partial charge in [-0.25, -0.2) is 9.48 Å². The molecule has 2 fully saturated rings. The summed E-state index contributed by atoms with van der Waals surface area (Å²) in [6.45, 7) is 1.39. The molecule has 1 aliphatic carbocycles. The molecule has 1 atom stereocenters. The molecule has 1 saturated heterocycles. The molecule has 134 valence electrons. The van der Waals surface area contributed by atoms with Crippen molar-refractivity contribution in [2.24, 2.45) is 5.92 Å². The number of hydrogen-bond donors (Lipinski definition) is 2. The van der Waals surface area contributed by atoms with E-state index >= 15 is 0 Å². The molecule has 2 N–H and O–H groups in total. The van der Waals surface area contributed by atoms with Gasteiger partial charge in [-0.15, -0.1) is 5.10 Å². The molecule has 1 aromatic carbocycles. The molecule has 1 aliphatic heterocycles. The van der Waals surface area contributed by atoms with Crippen molar-refractivity contribution < 1.29 is 14.4 Å². The van der Waals surface area contributed by atoms with Crippen LogP contribution in [0.5, 0.6) is 0 Å². The van der Waals surface area contributed by atoms with E-state index in [1.165, 1.54) is 11.0 Å². The number of imide groups is 1. The fourth-order valence-corrected chi connectivity index (χ4v) is 3.15. The van der Waals surface area contributed by atoms with Crippen molar-refractivity contribution in [3.63, 3.8) is 0 Å². The van der Waals surface area contributed by atoms with Crippen molar-refractivity contribution in [2.45, 2.75) is 25.3 Å². The Labute approximate surface area is 148 Å². The fraction of sp³-hybridized carbons (Fsp3) is 0.375. The van der Waals surface area contributed by atoms with E-state index in [0.29, 0.717) is 11.4 Å². The summed E-state index contributed by atoms with van der Waals surface area (Å²) in [6.07, 6.45) is 3.26. The highest BCUT2D eigenvalue weighted by Gasteiger charge is 2.56. The first-order chi connectivity index (χ1) is 12.5. The molecule has 1 saturated carbocycles. The molecule has 2 aromatic rings. The summed E-state index contributed by atoms with van der Waals surface area (Å²) in [5.41, 5.74) is 0.293. The summed E-state index contributed by atoms with van der Waals surface area (Å²) in [5, 5.41) is 16.3. The Balaban J connectivity index is 1.44. The van der Waals surface area contributed by atoms with Gasteiger partial charge in [0.15, 0.2) is 0 Å². The van der Waals surface area contributed by atoms with Gasteiger partial charge in [-0.3, -0.25) is 14.5 Å². The molecule has 1 aromatic heterocycles. The normalized spacial score (nSPS) is 22.4. The lowest BCUT2D eigenvalue weighted by molar-refractivity contribution is -0.134. The van der Waals surface area contributed by atoms with Gasteiger partial charge in [-0.2, -0.15) is 0 Å². The second kappa shape index (κ2) is 5.90. The van der Waals surface area contributed by atoms with E-state index in [-0.39, 0.29) is 18.4 Å². The molecule has 2 aliphatic rings. The van der Waals surface area contributed by atoms with Gasteiger partial charge in [0.2, 0.25) is 5.91 Å². The lowest BCUT2D eigenvalue weighted by Gasteiger charge is -2.20. The Morgan fingerprint density at radius 1 is 1.38 bits per heavy atom. The third-order valence-corrected chi connectivity index (χ3v) is 4.74. The largest absolute Gasteiger partial charge is 0.325 e. The van der Waals surface area contributed by atoms with Crippen molar-refractivity contribution in [1.29, 1.82) is 0 Å². The lowest BCUT2D eigenvalue weighted by atomic mass is 9.96. The molecule has 4 amide bonds. The number of anilines is 1. The van der Waals surface area contributed by atoms with Crippen LogP contribution < -0.4 is 10.6 Å². The van der Waals surface area contributed by atoms with Crippen LogP contribution in [0, 0.1) is 5.92 Å².